The lowest BCUT2D eigenvalue weighted by molar-refractivity contribution is -0.115. The largest absolute Gasteiger partial charge is 0.495 e. The van der Waals surface area contributed by atoms with E-state index >= 15 is 0 Å². The number of aryl methyl sites for hydroxylation is 3. The molecule has 2 N–H and O–H groups in total. The summed E-state index contributed by atoms with van der Waals surface area (Å²) in [6, 6.07) is 17.6. The molecule has 0 bridgehead atoms. The third-order valence-electron chi connectivity index (χ3n) is 4.97. The van der Waals surface area contributed by atoms with Gasteiger partial charge in [-0.2, -0.15) is 0 Å². The van der Waals surface area contributed by atoms with Crippen LogP contribution < -0.4 is 14.8 Å². The Morgan fingerprint density at radius 3 is 2.39 bits per heavy atom. The summed E-state index contributed by atoms with van der Waals surface area (Å²) in [5.41, 5.74) is 4.38. The maximum atomic E-state index is 13.0. The number of methoxy groups -OCH3 is 1. The predicted molar refractivity (Wildman–Crippen MR) is 123 cm³/mol. The maximum absolute atomic E-state index is 13.0. The number of benzene rings is 3. The minimum atomic E-state index is -3.89. The highest BCUT2D eigenvalue weighted by atomic mass is 32.2. The van der Waals surface area contributed by atoms with E-state index < -0.39 is 10.0 Å². The van der Waals surface area contributed by atoms with Crippen molar-refractivity contribution in [3.05, 3.63) is 82.9 Å². The Balaban J connectivity index is 1.82. The summed E-state index contributed by atoms with van der Waals surface area (Å²) in [6.07, 6.45) is 0.211. The normalized spacial score (nSPS) is 11.1. The number of para-hydroxylation sites is 2. The van der Waals surface area contributed by atoms with Crippen LogP contribution in [0.1, 0.15) is 22.3 Å². The Morgan fingerprint density at radius 2 is 1.65 bits per heavy atom. The Kier molecular flexibility index (Phi) is 6.65. The van der Waals surface area contributed by atoms with Crippen LogP contribution in [-0.2, 0) is 21.2 Å². The highest BCUT2D eigenvalue weighted by Crippen LogP contribution is 2.28. The summed E-state index contributed by atoms with van der Waals surface area (Å²) in [5.74, 6) is 0.209. The molecule has 0 atom stereocenters. The van der Waals surface area contributed by atoms with Crippen molar-refractivity contribution in [2.75, 3.05) is 17.1 Å². The van der Waals surface area contributed by atoms with Gasteiger partial charge in [-0.15, -0.1) is 0 Å². The molecule has 0 radical (unpaired) electrons. The van der Waals surface area contributed by atoms with Crippen molar-refractivity contribution in [2.45, 2.75) is 32.1 Å². The van der Waals surface area contributed by atoms with Crippen LogP contribution in [0.5, 0.6) is 5.75 Å². The fourth-order valence-corrected chi connectivity index (χ4v) is 4.61. The molecule has 0 spiro atoms. The van der Waals surface area contributed by atoms with E-state index in [1.165, 1.54) is 13.2 Å². The number of hydrogen-bond donors (Lipinski definition) is 2. The molecule has 0 aromatic heterocycles. The van der Waals surface area contributed by atoms with E-state index in [9.17, 15) is 13.2 Å². The molecule has 0 unspecified atom stereocenters. The van der Waals surface area contributed by atoms with Crippen LogP contribution in [-0.4, -0.2) is 21.4 Å². The monoisotopic (exact) mass is 438 g/mol. The van der Waals surface area contributed by atoms with Crippen LogP contribution in [0.2, 0.25) is 0 Å². The van der Waals surface area contributed by atoms with Crippen molar-refractivity contribution in [1.29, 1.82) is 0 Å². The van der Waals surface area contributed by atoms with Gasteiger partial charge in [0.05, 0.1) is 24.1 Å². The molecule has 7 heteroatoms. The minimum Gasteiger partial charge on any atom is -0.495 e. The predicted octanol–water partition coefficient (Wildman–Crippen LogP) is 4.60. The molecule has 0 fully saturated rings. The summed E-state index contributed by atoms with van der Waals surface area (Å²) in [5, 5.41) is 2.81. The number of amides is 1. The smallest absolute Gasteiger partial charge is 0.262 e. The zero-order valence-electron chi connectivity index (χ0n) is 18.0. The first kappa shape index (κ1) is 22.4. The molecule has 31 heavy (non-hydrogen) atoms. The SMILES string of the molecule is COc1ccccc1NS(=O)(=O)c1cc(NC(=O)Cc2cc(C)ccc2C)ccc1C. The summed E-state index contributed by atoms with van der Waals surface area (Å²) < 4.78 is 33.8. The topological polar surface area (TPSA) is 84.5 Å². The first-order valence-corrected chi connectivity index (χ1v) is 11.3. The molecule has 0 aliphatic heterocycles. The van der Waals surface area contributed by atoms with E-state index in [1.54, 1.807) is 43.3 Å². The minimum absolute atomic E-state index is 0.0861. The van der Waals surface area contributed by atoms with Crippen molar-refractivity contribution in [3.63, 3.8) is 0 Å². The van der Waals surface area contributed by atoms with E-state index in [2.05, 4.69) is 10.0 Å². The highest BCUT2D eigenvalue weighted by Gasteiger charge is 2.20. The van der Waals surface area contributed by atoms with E-state index in [4.69, 9.17) is 4.74 Å². The summed E-state index contributed by atoms with van der Waals surface area (Å²) in [4.78, 5) is 12.7. The molecule has 0 saturated heterocycles. The number of sulfonamides is 1. The van der Waals surface area contributed by atoms with Gasteiger partial charge < -0.3 is 10.1 Å². The standard InChI is InChI=1S/C24H26N2O4S/c1-16-9-10-17(2)19(13-16)14-24(27)25-20-12-11-18(3)23(15-20)31(28,29)26-21-7-5-6-8-22(21)30-4/h5-13,15,26H,14H2,1-4H3,(H,25,27). The second-order valence-electron chi connectivity index (χ2n) is 7.44. The van der Waals surface area contributed by atoms with E-state index in [0.29, 0.717) is 22.7 Å². The van der Waals surface area contributed by atoms with Gasteiger partial charge in [0.25, 0.3) is 10.0 Å². The fourth-order valence-electron chi connectivity index (χ4n) is 3.26. The quantitative estimate of drug-likeness (QED) is 0.565. The van der Waals surface area contributed by atoms with Crippen LogP contribution >= 0.6 is 0 Å². The number of ether oxygens (including phenoxy) is 1. The van der Waals surface area contributed by atoms with Gasteiger partial charge in [-0.05, 0) is 61.7 Å². The second-order valence-corrected chi connectivity index (χ2v) is 9.09. The van der Waals surface area contributed by atoms with Crippen LogP contribution in [0, 0.1) is 20.8 Å². The van der Waals surface area contributed by atoms with Crippen molar-refractivity contribution in [2.24, 2.45) is 0 Å². The van der Waals surface area contributed by atoms with Gasteiger partial charge >= 0.3 is 0 Å². The number of nitrogens with one attached hydrogen (secondary N) is 2. The van der Waals surface area contributed by atoms with Gasteiger partial charge in [0, 0.05) is 5.69 Å². The fraction of sp³-hybridized carbons (Fsp3) is 0.208. The van der Waals surface area contributed by atoms with Crippen LogP contribution in [0.3, 0.4) is 0 Å². The summed E-state index contributed by atoms with van der Waals surface area (Å²) >= 11 is 0. The van der Waals surface area contributed by atoms with Gasteiger partial charge in [0.2, 0.25) is 5.91 Å². The lowest BCUT2D eigenvalue weighted by Gasteiger charge is -2.14. The Morgan fingerprint density at radius 1 is 0.935 bits per heavy atom. The molecule has 3 rings (SSSR count). The van der Waals surface area contributed by atoms with Crippen LogP contribution in [0.15, 0.2) is 65.6 Å². The average Bonchev–Trinajstić information content (AvgIpc) is 2.72. The third kappa shape index (κ3) is 5.44. The van der Waals surface area contributed by atoms with Gasteiger partial charge in [0.1, 0.15) is 5.75 Å². The maximum Gasteiger partial charge on any atom is 0.262 e. The molecule has 0 aliphatic carbocycles. The second kappa shape index (κ2) is 9.22. The molecular formula is C24H26N2O4S. The molecule has 3 aromatic carbocycles. The lowest BCUT2D eigenvalue weighted by atomic mass is 10.0. The number of hydrogen-bond acceptors (Lipinski definition) is 4. The zero-order chi connectivity index (χ0) is 22.6. The lowest BCUT2D eigenvalue weighted by Crippen LogP contribution is -2.17. The molecule has 162 valence electrons. The Labute approximate surface area is 183 Å². The third-order valence-corrected chi connectivity index (χ3v) is 6.48. The number of rotatable bonds is 7. The van der Waals surface area contributed by atoms with Crippen LogP contribution in [0.4, 0.5) is 11.4 Å². The molecule has 0 heterocycles. The first-order chi connectivity index (χ1) is 14.7. The number of anilines is 2. The highest BCUT2D eigenvalue weighted by molar-refractivity contribution is 7.92. The first-order valence-electron chi connectivity index (χ1n) is 9.82. The van der Waals surface area contributed by atoms with E-state index in [1.807, 2.05) is 32.0 Å². The van der Waals surface area contributed by atoms with Crippen molar-refractivity contribution >= 4 is 27.3 Å². The van der Waals surface area contributed by atoms with E-state index in [0.717, 1.165) is 16.7 Å². The van der Waals surface area contributed by atoms with Crippen LogP contribution in [0.25, 0.3) is 0 Å². The van der Waals surface area contributed by atoms with Crippen molar-refractivity contribution in [3.8, 4) is 5.75 Å². The molecule has 0 aliphatic rings. The van der Waals surface area contributed by atoms with Gasteiger partial charge in [0.15, 0.2) is 0 Å². The molecular weight excluding hydrogens is 412 g/mol. The summed E-state index contributed by atoms with van der Waals surface area (Å²) in [7, 11) is -2.41. The number of carbonyl (C=O) groups excluding carboxylic acids is 1. The number of carbonyl (C=O) groups is 1. The van der Waals surface area contributed by atoms with Crippen molar-refractivity contribution in [1.82, 2.24) is 0 Å². The Bertz CT molecular complexity index is 1220. The van der Waals surface area contributed by atoms with Gasteiger partial charge in [-0.25, -0.2) is 8.42 Å². The average molecular weight is 439 g/mol. The van der Waals surface area contributed by atoms with Crippen molar-refractivity contribution < 1.29 is 17.9 Å². The molecule has 0 saturated carbocycles. The van der Waals surface area contributed by atoms with Gasteiger partial charge in [-0.3, -0.25) is 9.52 Å². The van der Waals surface area contributed by atoms with Gasteiger partial charge in [-0.1, -0.05) is 42.0 Å². The van der Waals surface area contributed by atoms with E-state index in [-0.39, 0.29) is 17.2 Å². The molecule has 1 amide bonds. The molecule has 6 nitrogen and oxygen atoms in total. The molecule has 3 aromatic rings. The summed E-state index contributed by atoms with van der Waals surface area (Å²) in [6.45, 7) is 5.65. The zero-order valence-corrected chi connectivity index (χ0v) is 18.8. The Hall–Kier alpha value is -3.32.